The average Bonchev–Trinajstić information content (AvgIpc) is 2.49. The second-order valence-electron chi connectivity index (χ2n) is 4.64. The van der Waals surface area contributed by atoms with Gasteiger partial charge in [0.2, 0.25) is 0 Å². The zero-order valence-electron chi connectivity index (χ0n) is 12.0. The highest BCUT2D eigenvalue weighted by Gasteiger charge is 2.18. The molecule has 2 aromatic carbocycles. The Balaban J connectivity index is 2.06. The molecule has 0 fully saturated rings. The molecule has 0 spiro atoms. The van der Waals surface area contributed by atoms with Crippen molar-refractivity contribution in [3.8, 4) is 5.75 Å². The van der Waals surface area contributed by atoms with Crippen molar-refractivity contribution < 1.29 is 14.6 Å². The van der Waals surface area contributed by atoms with Crippen LogP contribution in [0, 0.1) is 0 Å². The van der Waals surface area contributed by atoms with E-state index >= 15 is 0 Å². The number of aliphatic carboxylic acids is 1. The molecular weight excluding hydrogens is 266 g/mol. The maximum atomic E-state index is 11.4. The number of hydrogen-bond acceptors (Lipinski definition) is 3. The number of benzene rings is 2. The summed E-state index contributed by atoms with van der Waals surface area (Å²) < 4.78 is 5.44. The van der Waals surface area contributed by atoms with Crippen LogP contribution in [0.3, 0.4) is 0 Å². The van der Waals surface area contributed by atoms with Crippen LogP contribution in [-0.2, 0) is 11.3 Å². The summed E-state index contributed by atoms with van der Waals surface area (Å²) in [5.74, 6) is -0.0921. The molecule has 0 aliphatic heterocycles. The summed E-state index contributed by atoms with van der Waals surface area (Å²) in [5, 5.41) is 12.4. The molecule has 0 aliphatic rings. The van der Waals surface area contributed by atoms with Crippen LogP contribution in [0.1, 0.15) is 24.1 Å². The van der Waals surface area contributed by atoms with Crippen LogP contribution in [-0.4, -0.2) is 17.7 Å². The van der Waals surface area contributed by atoms with Gasteiger partial charge >= 0.3 is 5.97 Å². The van der Waals surface area contributed by atoms with E-state index in [1.807, 2.05) is 61.5 Å². The molecule has 0 heterocycles. The van der Waals surface area contributed by atoms with Crippen LogP contribution in [0.2, 0.25) is 0 Å². The fraction of sp³-hybridized carbons (Fsp3) is 0.235. The van der Waals surface area contributed by atoms with E-state index in [0.29, 0.717) is 13.2 Å². The zero-order chi connectivity index (χ0) is 15.1. The Morgan fingerprint density at radius 3 is 2.62 bits per heavy atom. The number of hydrogen-bond donors (Lipinski definition) is 2. The fourth-order valence-electron chi connectivity index (χ4n) is 2.13. The van der Waals surface area contributed by atoms with Gasteiger partial charge < -0.3 is 9.84 Å². The first-order valence-electron chi connectivity index (χ1n) is 6.93. The van der Waals surface area contributed by atoms with Crippen molar-refractivity contribution in [3.63, 3.8) is 0 Å². The predicted molar refractivity (Wildman–Crippen MR) is 81.3 cm³/mol. The van der Waals surface area contributed by atoms with Gasteiger partial charge in [-0.2, -0.15) is 0 Å². The fourth-order valence-corrected chi connectivity index (χ4v) is 2.13. The van der Waals surface area contributed by atoms with Gasteiger partial charge in [-0.3, -0.25) is 10.1 Å². The van der Waals surface area contributed by atoms with Gasteiger partial charge in [0.05, 0.1) is 6.61 Å². The predicted octanol–water partition coefficient (Wildman–Crippen LogP) is 3.00. The van der Waals surface area contributed by atoms with Crippen LogP contribution in [0.15, 0.2) is 54.6 Å². The van der Waals surface area contributed by atoms with Crippen molar-refractivity contribution >= 4 is 5.97 Å². The smallest absolute Gasteiger partial charge is 0.325 e. The summed E-state index contributed by atoms with van der Waals surface area (Å²) in [6.45, 7) is 3.01. The summed E-state index contributed by atoms with van der Waals surface area (Å²) in [6, 6.07) is 16.1. The standard InChI is InChI=1S/C17H19NO3/c1-2-21-15-10-6-7-13(11-15)12-18-16(17(19)20)14-8-4-3-5-9-14/h3-11,16,18H,2,12H2,1H3,(H,19,20). The van der Waals surface area contributed by atoms with Gasteiger partial charge in [-0.1, -0.05) is 42.5 Å². The molecule has 1 unspecified atom stereocenters. The van der Waals surface area contributed by atoms with Gasteiger partial charge in [-0.05, 0) is 30.2 Å². The number of carboxylic acids is 1. The third-order valence-electron chi connectivity index (χ3n) is 3.10. The molecule has 2 aromatic rings. The topological polar surface area (TPSA) is 58.6 Å². The molecule has 1 atom stereocenters. The Morgan fingerprint density at radius 1 is 1.19 bits per heavy atom. The lowest BCUT2D eigenvalue weighted by atomic mass is 10.1. The molecule has 0 saturated heterocycles. The van der Waals surface area contributed by atoms with Crippen LogP contribution in [0.25, 0.3) is 0 Å². The lowest BCUT2D eigenvalue weighted by molar-refractivity contribution is -0.139. The van der Waals surface area contributed by atoms with Crippen LogP contribution in [0.4, 0.5) is 0 Å². The van der Waals surface area contributed by atoms with Crippen LogP contribution in [0.5, 0.6) is 5.75 Å². The Hall–Kier alpha value is -2.33. The van der Waals surface area contributed by atoms with Crippen molar-refractivity contribution in [2.24, 2.45) is 0 Å². The van der Waals surface area contributed by atoms with Gasteiger partial charge in [0, 0.05) is 6.54 Å². The largest absolute Gasteiger partial charge is 0.494 e. The van der Waals surface area contributed by atoms with E-state index in [1.165, 1.54) is 0 Å². The minimum Gasteiger partial charge on any atom is -0.494 e. The minimum atomic E-state index is -0.887. The molecule has 0 bridgehead atoms. The van der Waals surface area contributed by atoms with E-state index in [9.17, 15) is 9.90 Å². The van der Waals surface area contributed by atoms with Crippen molar-refractivity contribution in [2.45, 2.75) is 19.5 Å². The SMILES string of the molecule is CCOc1cccc(CNC(C(=O)O)c2ccccc2)c1. The zero-order valence-corrected chi connectivity index (χ0v) is 12.0. The van der Waals surface area contributed by atoms with Crippen LogP contribution >= 0.6 is 0 Å². The quantitative estimate of drug-likeness (QED) is 0.821. The van der Waals surface area contributed by atoms with E-state index in [0.717, 1.165) is 16.9 Å². The summed E-state index contributed by atoms with van der Waals surface area (Å²) in [6.07, 6.45) is 0. The number of carboxylic acid groups (broad SMARTS) is 1. The molecule has 110 valence electrons. The lowest BCUT2D eigenvalue weighted by Crippen LogP contribution is -2.28. The van der Waals surface area contributed by atoms with Crippen molar-refractivity contribution in [1.29, 1.82) is 0 Å². The van der Waals surface area contributed by atoms with Gasteiger partial charge in [-0.25, -0.2) is 0 Å². The molecule has 2 N–H and O–H groups in total. The van der Waals surface area contributed by atoms with E-state index in [-0.39, 0.29) is 0 Å². The second-order valence-corrected chi connectivity index (χ2v) is 4.64. The number of carbonyl (C=O) groups is 1. The normalized spacial score (nSPS) is 11.9. The van der Waals surface area contributed by atoms with E-state index < -0.39 is 12.0 Å². The molecule has 4 nitrogen and oxygen atoms in total. The molecule has 4 heteroatoms. The minimum absolute atomic E-state index is 0.465. The first kappa shape index (κ1) is 15.1. The third kappa shape index (κ3) is 4.33. The van der Waals surface area contributed by atoms with Crippen molar-refractivity contribution in [3.05, 3.63) is 65.7 Å². The molecule has 0 amide bonds. The highest BCUT2D eigenvalue weighted by Crippen LogP contribution is 2.16. The highest BCUT2D eigenvalue weighted by molar-refractivity contribution is 5.75. The number of ether oxygens (including phenoxy) is 1. The summed E-state index contributed by atoms with van der Waals surface area (Å²) >= 11 is 0. The van der Waals surface area contributed by atoms with E-state index in [1.54, 1.807) is 0 Å². The van der Waals surface area contributed by atoms with Gasteiger partial charge in [0.15, 0.2) is 0 Å². The second kappa shape index (κ2) is 7.45. The lowest BCUT2D eigenvalue weighted by Gasteiger charge is -2.15. The maximum Gasteiger partial charge on any atom is 0.325 e. The molecule has 0 aromatic heterocycles. The molecule has 2 rings (SSSR count). The number of rotatable bonds is 7. The van der Waals surface area contributed by atoms with Crippen LogP contribution < -0.4 is 10.1 Å². The van der Waals surface area contributed by atoms with E-state index in [4.69, 9.17) is 4.74 Å². The monoisotopic (exact) mass is 285 g/mol. The average molecular weight is 285 g/mol. The Bertz CT molecular complexity index is 584. The molecule has 0 aliphatic carbocycles. The Labute approximate surface area is 124 Å². The van der Waals surface area contributed by atoms with Gasteiger partial charge in [0.1, 0.15) is 11.8 Å². The first-order valence-corrected chi connectivity index (χ1v) is 6.93. The third-order valence-corrected chi connectivity index (χ3v) is 3.10. The van der Waals surface area contributed by atoms with Gasteiger partial charge in [0.25, 0.3) is 0 Å². The van der Waals surface area contributed by atoms with Gasteiger partial charge in [-0.15, -0.1) is 0 Å². The Kier molecular flexibility index (Phi) is 5.35. The molecule has 21 heavy (non-hydrogen) atoms. The molecule has 0 saturated carbocycles. The molecule has 0 radical (unpaired) electrons. The highest BCUT2D eigenvalue weighted by atomic mass is 16.5. The Morgan fingerprint density at radius 2 is 1.95 bits per heavy atom. The summed E-state index contributed by atoms with van der Waals surface area (Å²) in [4.78, 5) is 11.4. The van der Waals surface area contributed by atoms with E-state index in [2.05, 4.69) is 5.32 Å². The number of nitrogens with one attached hydrogen (secondary N) is 1. The van der Waals surface area contributed by atoms with Crippen molar-refractivity contribution in [2.75, 3.05) is 6.61 Å². The first-order chi connectivity index (χ1) is 10.2. The summed E-state index contributed by atoms with van der Waals surface area (Å²) in [7, 11) is 0. The van der Waals surface area contributed by atoms with Crippen molar-refractivity contribution in [1.82, 2.24) is 5.32 Å². The maximum absolute atomic E-state index is 11.4. The summed E-state index contributed by atoms with van der Waals surface area (Å²) in [5.41, 5.74) is 1.73. The molecular formula is C17H19NO3.